The number of hydrogen-bond donors (Lipinski definition) is 1. The summed E-state index contributed by atoms with van der Waals surface area (Å²) in [5, 5.41) is 2.84. The van der Waals surface area contributed by atoms with Crippen LogP contribution in [0.3, 0.4) is 0 Å². The summed E-state index contributed by atoms with van der Waals surface area (Å²) in [5.74, 6) is 0.434. The number of pyridine rings is 1. The fraction of sp³-hybridized carbons (Fsp3) is 0.316. The van der Waals surface area contributed by atoms with Crippen LogP contribution in [0.25, 0.3) is 0 Å². The van der Waals surface area contributed by atoms with Crippen LogP contribution in [0.5, 0.6) is 5.75 Å². The molecule has 0 fully saturated rings. The molecule has 1 unspecified atom stereocenters. The van der Waals surface area contributed by atoms with Gasteiger partial charge in [-0.1, -0.05) is 19.1 Å². The zero-order chi connectivity index (χ0) is 17.8. The molecule has 1 atom stereocenters. The Morgan fingerprint density at radius 2 is 2.12 bits per heavy atom. The van der Waals surface area contributed by atoms with Gasteiger partial charge in [-0.05, 0) is 37.6 Å². The van der Waals surface area contributed by atoms with Gasteiger partial charge in [0.05, 0.1) is 5.69 Å². The van der Waals surface area contributed by atoms with E-state index in [4.69, 9.17) is 4.74 Å². The van der Waals surface area contributed by atoms with Crippen LogP contribution in [0.2, 0.25) is 0 Å². The largest absolute Gasteiger partial charge is 0.478 e. The molecule has 3 rings (SSSR count). The molecule has 0 saturated heterocycles. The minimum Gasteiger partial charge on any atom is -0.478 e. The van der Waals surface area contributed by atoms with E-state index in [1.807, 2.05) is 38.1 Å². The molecular formula is C19H21N3O3. The molecule has 2 amide bonds. The van der Waals surface area contributed by atoms with Crippen molar-refractivity contribution in [2.45, 2.75) is 32.8 Å². The lowest BCUT2D eigenvalue weighted by Crippen LogP contribution is -2.46. The van der Waals surface area contributed by atoms with Gasteiger partial charge in [0.2, 0.25) is 5.91 Å². The van der Waals surface area contributed by atoms with Gasteiger partial charge < -0.3 is 15.0 Å². The number of nitrogens with zero attached hydrogens (tertiary/aromatic N) is 2. The number of carbonyl (C=O) groups is 2. The van der Waals surface area contributed by atoms with Crippen LogP contribution in [-0.4, -0.2) is 29.4 Å². The Labute approximate surface area is 146 Å². The zero-order valence-corrected chi connectivity index (χ0v) is 14.4. The lowest BCUT2D eigenvalue weighted by Gasteiger charge is -2.33. The van der Waals surface area contributed by atoms with Gasteiger partial charge in [-0.3, -0.25) is 14.6 Å². The van der Waals surface area contributed by atoms with Gasteiger partial charge in [-0.25, -0.2) is 0 Å². The number of aryl methyl sites for hydroxylation is 1. The summed E-state index contributed by atoms with van der Waals surface area (Å²) in [4.78, 5) is 30.6. The normalized spacial score (nSPS) is 16.2. The summed E-state index contributed by atoms with van der Waals surface area (Å²) in [6, 6.07) is 11.0. The van der Waals surface area contributed by atoms with Crippen molar-refractivity contribution in [1.29, 1.82) is 0 Å². The Morgan fingerprint density at radius 3 is 2.88 bits per heavy atom. The molecule has 0 bridgehead atoms. The van der Waals surface area contributed by atoms with Crippen molar-refractivity contribution in [2.75, 3.05) is 16.8 Å². The minimum absolute atomic E-state index is 0.103. The van der Waals surface area contributed by atoms with E-state index in [-0.39, 0.29) is 18.2 Å². The molecule has 1 aromatic heterocycles. The smallest absolute Gasteiger partial charge is 0.268 e. The number of ether oxygens (including phenoxy) is 1. The topological polar surface area (TPSA) is 71.5 Å². The van der Waals surface area contributed by atoms with Crippen LogP contribution >= 0.6 is 0 Å². The highest BCUT2D eigenvalue weighted by Gasteiger charge is 2.33. The van der Waals surface area contributed by atoms with Gasteiger partial charge >= 0.3 is 0 Å². The molecule has 25 heavy (non-hydrogen) atoms. The van der Waals surface area contributed by atoms with Crippen LogP contribution in [0.15, 0.2) is 42.6 Å². The summed E-state index contributed by atoms with van der Waals surface area (Å²) in [6.45, 7) is 4.09. The fourth-order valence-electron chi connectivity index (χ4n) is 2.82. The number of nitrogens with one attached hydrogen (secondary N) is 1. The predicted octanol–water partition coefficient (Wildman–Crippen LogP) is 2.92. The third-order valence-corrected chi connectivity index (χ3v) is 4.08. The van der Waals surface area contributed by atoms with Crippen molar-refractivity contribution in [1.82, 2.24) is 4.98 Å². The number of fused-ring (bicyclic) bond motifs is 1. The van der Waals surface area contributed by atoms with Gasteiger partial charge in [0.25, 0.3) is 5.91 Å². The van der Waals surface area contributed by atoms with Crippen LogP contribution in [-0.2, 0) is 9.59 Å². The van der Waals surface area contributed by atoms with Crippen molar-refractivity contribution in [2.24, 2.45) is 0 Å². The molecule has 130 valence electrons. The molecule has 1 N–H and O–H groups in total. The molecule has 2 aromatic rings. The number of amides is 2. The van der Waals surface area contributed by atoms with E-state index in [0.717, 1.165) is 5.69 Å². The second-order valence-electron chi connectivity index (χ2n) is 5.96. The zero-order valence-electron chi connectivity index (χ0n) is 14.4. The minimum atomic E-state index is -0.499. The van der Waals surface area contributed by atoms with Gasteiger partial charge in [0.1, 0.15) is 5.75 Å². The first kappa shape index (κ1) is 17.0. The SMILES string of the molecule is CCC1Oc2ccccc2N(CCC(=O)Nc2ccnc(C)c2)C1=O. The molecule has 1 aliphatic heterocycles. The highest BCUT2D eigenvalue weighted by molar-refractivity contribution is 6.01. The number of para-hydroxylation sites is 2. The molecule has 6 nitrogen and oxygen atoms in total. The van der Waals surface area contributed by atoms with Crippen molar-refractivity contribution >= 4 is 23.2 Å². The number of rotatable bonds is 5. The predicted molar refractivity (Wildman–Crippen MR) is 95.7 cm³/mol. The lowest BCUT2D eigenvalue weighted by atomic mass is 10.1. The molecule has 6 heteroatoms. The maximum atomic E-state index is 12.6. The summed E-state index contributed by atoms with van der Waals surface area (Å²) >= 11 is 0. The van der Waals surface area contributed by atoms with Crippen molar-refractivity contribution in [3.8, 4) is 5.75 Å². The standard InChI is InChI=1S/C19H21N3O3/c1-3-16-19(24)22(15-6-4-5-7-17(15)25-16)11-9-18(23)21-14-8-10-20-13(2)12-14/h4-8,10,12,16H,3,9,11H2,1-2H3,(H,20,21,23). The lowest BCUT2D eigenvalue weighted by molar-refractivity contribution is -0.126. The Hall–Kier alpha value is -2.89. The summed E-state index contributed by atoms with van der Waals surface area (Å²) in [6.07, 6.45) is 1.95. The van der Waals surface area contributed by atoms with Crippen LogP contribution in [0, 0.1) is 6.92 Å². The number of hydrogen-bond acceptors (Lipinski definition) is 4. The highest BCUT2D eigenvalue weighted by Crippen LogP contribution is 2.34. The van der Waals surface area contributed by atoms with Crippen molar-refractivity contribution in [3.63, 3.8) is 0 Å². The second kappa shape index (κ2) is 7.34. The fourth-order valence-corrected chi connectivity index (χ4v) is 2.82. The number of benzene rings is 1. The van der Waals surface area contributed by atoms with E-state index in [2.05, 4.69) is 10.3 Å². The molecule has 1 aromatic carbocycles. The first-order valence-electron chi connectivity index (χ1n) is 8.38. The maximum absolute atomic E-state index is 12.6. The van der Waals surface area contributed by atoms with Crippen molar-refractivity contribution < 1.29 is 14.3 Å². The van der Waals surface area contributed by atoms with Crippen LogP contribution in [0.4, 0.5) is 11.4 Å². The molecule has 0 aliphatic carbocycles. The van der Waals surface area contributed by atoms with E-state index in [9.17, 15) is 9.59 Å². The van der Waals surface area contributed by atoms with Crippen LogP contribution in [0.1, 0.15) is 25.5 Å². The Morgan fingerprint density at radius 1 is 1.32 bits per heavy atom. The molecule has 2 heterocycles. The first-order valence-corrected chi connectivity index (χ1v) is 8.38. The molecular weight excluding hydrogens is 318 g/mol. The average Bonchev–Trinajstić information content (AvgIpc) is 2.60. The number of anilines is 2. The Bertz CT molecular complexity index is 791. The maximum Gasteiger partial charge on any atom is 0.268 e. The van der Waals surface area contributed by atoms with E-state index >= 15 is 0 Å². The van der Waals surface area contributed by atoms with E-state index in [1.54, 1.807) is 23.2 Å². The third-order valence-electron chi connectivity index (χ3n) is 4.08. The third kappa shape index (κ3) is 3.79. The van der Waals surface area contributed by atoms with Gasteiger partial charge in [0, 0.05) is 30.5 Å². The second-order valence-corrected chi connectivity index (χ2v) is 5.96. The Balaban J connectivity index is 1.69. The molecule has 1 aliphatic rings. The Kier molecular flexibility index (Phi) is 4.97. The summed E-state index contributed by atoms with van der Waals surface area (Å²) < 4.78 is 5.74. The van der Waals surface area contributed by atoms with Gasteiger partial charge in [-0.2, -0.15) is 0 Å². The molecule has 0 spiro atoms. The van der Waals surface area contributed by atoms with Crippen LogP contribution < -0.4 is 15.0 Å². The molecule has 0 saturated carbocycles. The average molecular weight is 339 g/mol. The number of aromatic nitrogens is 1. The summed E-state index contributed by atoms with van der Waals surface area (Å²) in [7, 11) is 0. The van der Waals surface area contributed by atoms with Crippen molar-refractivity contribution in [3.05, 3.63) is 48.3 Å². The quantitative estimate of drug-likeness (QED) is 0.909. The number of carbonyl (C=O) groups excluding carboxylic acids is 2. The van der Waals surface area contributed by atoms with E-state index in [1.165, 1.54) is 0 Å². The van der Waals surface area contributed by atoms with E-state index < -0.39 is 6.10 Å². The summed E-state index contributed by atoms with van der Waals surface area (Å²) in [5.41, 5.74) is 2.25. The highest BCUT2D eigenvalue weighted by atomic mass is 16.5. The first-order chi connectivity index (χ1) is 12.1. The molecule has 0 radical (unpaired) electrons. The van der Waals surface area contributed by atoms with Gasteiger partial charge in [-0.15, -0.1) is 0 Å². The van der Waals surface area contributed by atoms with E-state index in [0.29, 0.717) is 30.1 Å². The monoisotopic (exact) mass is 339 g/mol. The van der Waals surface area contributed by atoms with Gasteiger partial charge in [0.15, 0.2) is 6.10 Å².